The zero-order valence-corrected chi connectivity index (χ0v) is 10.4. The molecule has 0 amide bonds. The molecule has 0 bridgehead atoms. The lowest BCUT2D eigenvalue weighted by Gasteiger charge is -2.03. The second-order valence-electron chi connectivity index (χ2n) is 4.39. The Bertz CT molecular complexity index is 831. The van der Waals surface area contributed by atoms with E-state index in [1.54, 1.807) is 30.5 Å². The van der Waals surface area contributed by atoms with Crippen molar-refractivity contribution in [1.29, 1.82) is 0 Å². The SMILES string of the molecule is O=C(O)c1ccc(Cn2c(=O)[nH]c3cccnc32)cc1. The molecular weight excluding hydrogens is 258 g/mol. The Kier molecular flexibility index (Phi) is 2.83. The number of hydrogen-bond acceptors (Lipinski definition) is 3. The van der Waals surface area contributed by atoms with Gasteiger partial charge in [-0.1, -0.05) is 12.1 Å². The third kappa shape index (κ3) is 2.07. The number of carboxylic acids is 1. The molecule has 3 rings (SSSR count). The fourth-order valence-electron chi connectivity index (χ4n) is 2.07. The number of nitrogens with zero attached hydrogens (tertiary/aromatic N) is 2. The van der Waals surface area contributed by atoms with E-state index in [1.165, 1.54) is 16.7 Å². The highest BCUT2D eigenvalue weighted by molar-refractivity contribution is 5.87. The molecule has 0 saturated heterocycles. The Morgan fingerprint density at radius 2 is 2.00 bits per heavy atom. The van der Waals surface area contributed by atoms with Crippen LogP contribution in [-0.2, 0) is 6.54 Å². The summed E-state index contributed by atoms with van der Waals surface area (Å²) >= 11 is 0. The summed E-state index contributed by atoms with van der Waals surface area (Å²) in [5.74, 6) is -0.970. The molecule has 0 fully saturated rings. The zero-order chi connectivity index (χ0) is 14.1. The largest absolute Gasteiger partial charge is 0.478 e. The number of aromatic amines is 1. The summed E-state index contributed by atoms with van der Waals surface area (Å²) in [6.45, 7) is 0.343. The second kappa shape index (κ2) is 4.65. The van der Waals surface area contributed by atoms with Crippen LogP contribution in [0, 0.1) is 0 Å². The van der Waals surface area contributed by atoms with Crippen molar-refractivity contribution in [2.24, 2.45) is 0 Å². The van der Waals surface area contributed by atoms with Gasteiger partial charge in [-0.3, -0.25) is 4.57 Å². The van der Waals surface area contributed by atoms with Gasteiger partial charge in [-0.2, -0.15) is 0 Å². The molecule has 0 spiro atoms. The van der Waals surface area contributed by atoms with Gasteiger partial charge in [0, 0.05) is 6.20 Å². The first-order chi connectivity index (χ1) is 9.65. The van der Waals surface area contributed by atoms with Crippen LogP contribution in [0.15, 0.2) is 47.4 Å². The van der Waals surface area contributed by atoms with Gasteiger partial charge in [0.1, 0.15) is 0 Å². The van der Waals surface area contributed by atoms with Crippen molar-refractivity contribution < 1.29 is 9.90 Å². The number of carboxylic acid groups (broad SMARTS) is 1. The first kappa shape index (κ1) is 12.2. The number of H-pyrrole nitrogens is 1. The lowest BCUT2D eigenvalue weighted by Crippen LogP contribution is -2.17. The van der Waals surface area contributed by atoms with E-state index in [0.29, 0.717) is 17.7 Å². The van der Waals surface area contributed by atoms with Crippen LogP contribution in [0.2, 0.25) is 0 Å². The molecule has 1 aromatic carbocycles. The second-order valence-corrected chi connectivity index (χ2v) is 4.39. The number of imidazole rings is 1. The van der Waals surface area contributed by atoms with E-state index in [0.717, 1.165) is 5.56 Å². The highest BCUT2D eigenvalue weighted by Gasteiger charge is 2.08. The molecule has 0 atom stereocenters. The minimum atomic E-state index is -0.970. The maximum absolute atomic E-state index is 11.9. The molecule has 6 nitrogen and oxygen atoms in total. The minimum absolute atomic E-state index is 0.221. The lowest BCUT2D eigenvalue weighted by molar-refractivity contribution is 0.0697. The van der Waals surface area contributed by atoms with Crippen molar-refractivity contribution in [3.63, 3.8) is 0 Å². The summed E-state index contributed by atoms with van der Waals surface area (Å²) in [6.07, 6.45) is 1.62. The average Bonchev–Trinajstić information content (AvgIpc) is 2.76. The fraction of sp³-hybridized carbons (Fsp3) is 0.0714. The molecule has 100 valence electrons. The van der Waals surface area contributed by atoms with E-state index >= 15 is 0 Å². The van der Waals surface area contributed by atoms with Crippen LogP contribution in [-0.4, -0.2) is 25.6 Å². The van der Waals surface area contributed by atoms with E-state index in [1.807, 2.05) is 0 Å². The molecule has 0 aliphatic rings. The zero-order valence-electron chi connectivity index (χ0n) is 10.4. The third-order valence-corrected chi connectivity index (χ3v) is 3.07. The van der Waals surface area contributed by atoms with Gasteiger partial charge < -0.3 is 10.1 Å². The molecule has 0 radical (unpaired) electrons. The van der Waals surface area contributed by atoms with Gasteiger partial charge in [0.2, 0.25) is 0 Å². The number of fused-ring (bicyclic) bond motifs is 1. The molecule has 2 aromatic heterocycles. The lowest BCUT2D eigenvalue weighted by atomic mass is 10.1. The number of hydrogen-bond donors (Lipinski definition) is 2. The molecule has 20 heavy (non-hydrogen) atoms. The average molecular weight is 269 g/mol. The number of carbonyl (C=O) groups is 1. The van der Waals surface area contributed by atoms with Crippen molar-refractivity contribution in [1.82, 2.24) is 14.5 Å². The van der Waals surface area contributed by atoms with Gasteiger partial charge in [-0.05, 0) is 29.8 Å². The van der Waals surface area contributed by atoms with Crippen molar-refractivity contribution >= 4 is 17.1 Å². The third-order valence-electron chi connectivity index (χ3n) is 3.07. The van der Waals surface area contributed by atoms with Gasteiger partial charge in [-0.15, -0.1) is 0 Å². The number of rotatable bonds is 3. The van der Waals surface area contributed by atoms with Crippen LogP contribution in [0.4, 0.5) is 0 Å². The summed E-state index contributed by atoms with van der Waals surface area (Å²) in [5.41, 5.74) is 2.09. The smallest absolute Gasteiger partial charge is 0.335 e. The normalized spacial score (nSPS) is 10.8. The Balaban J connectivity index is 1.99. The number of pyridine rings is 1. The first-order valence-corrected chi connectivity index (χ1v) is 6.01. The van der Waals surface area contributed by atoms with Gasteiger partial charge in [0.05, 0.1) is 17.6 Å². The topological polar surface area (TPSA) is 88.0 Å². The molecule has 0 aliphatic heterocycles. The number of benzene rings is 1. The van der Waals surface area contributed by atoms with Crippen LogP contribution >= 0.6 is 0 Å². The summed E-state index contributed by atoms with van der Waals surface area (Å²) in [4.78, 5) is 29.6. The molecule has 3 aromatic rings. The summed E-state index contributed by atoms with van der Waals surface area (Å²) in [7, 11) is 0. The molecular formula is C14H11N3O3. The monoisotopic (exact) mass is 269 g/mol. The van der Waals surface area contributed by atoms with Crippen LogP contribution < -0.4 is 5.69 Å². The van der Waals surface area contributed by atoms with Crippen molar-refractivity contribution in [2.75, 3.05) is 0 Å². The van der Waals surface area contributed by atoms with E-state index < -0.39 is 5.97 Å². The predicted molar refractivity (Wildman–Crippen MR) is 72.9 cm³/mol. The van der Waals surface area contributed by atoms with E-state index in [4.69, 9.17) is 5.11 Å². The molecule has 6 heteroatoms. The van der Waals surface area contributed by atoms with Gasteiger partial charge >= 0.3 is 11.7 Å². The number of aromatic carboxylic acids is 1. The van der Waals surface area contributed by atoms with Crippen molar-refractivity contribution in [2.45, 2.75) is 6.54 Å². The number of aromatic nitrogens is 3. The highest BCUT2D eigenvalue weighted by Crippen LogP contribution is 2.10. The van der Waals surface area contributed by atoms with Crippen molar-refractivity contribution in [3.8, 4) is 0 Å². The maximum atomic E-state index is 11.9. The Hall–Kier alpha value is -2.89. The van der Waals surface area contributed by atoms with Crippen LogP contribution in [0.1, 0.15) is 15.9 Å². The molecule has 0 unspecified atom stereocenters. The quantitative estimate of drug-likeness (QED) is 0.753. The van der Waals surface area contributed by atoms with Gasteiger partial charge in [-0.25, -0.2) is 14.6 Å². The predicted octanol–water partition coefficient (Wildman–Crippen LogP) is 1.47. The molecule has 2 N–H and O–H groups in total. The standard InChI is InChI=1S/C14H11N3O3/c18-13(19)10-5-3-9(4-6-10)8-17-12-11(16-14(17)20)2-1-7-15-12/h1-7H,8H2,(H,16,20)(H,18,19). The summed E-state index contributed by atoms with van der Waals surface area (Å²) in [5, 5.41) is 8.85. The van der Waals surface area contributed by atoms with Gasteiger partial charge in [0.25, 0.3) is 0 Å². The van der Waals surface area contributed by atoms with Crippen LogP contribution in [0.25, 0.3) is 11.2 Å². The molecule has 0 aliphatic carbocycles. The Labute approximate surface area is 113 Å². The Morgan fingerprint density at radius 1 is 1.25 bits per heavy atom. The maximum Gasteiger partial charge on any atom is 0.335 e. The van der Waals surface area contributed by atoms with Gasteiger partial charge in [0.15, 0.2) is 5.65 Å². The van der Waals surface area contributed by atoms with E-state index in [-0.39, 0.29) is 11.3 Å². The van der Waals surface area contributed by atoms with Crippen LogP contribution in [0.5, 0.6) is 0 Å². The number of nitrogens with one attached hydrogen (secondary N) is 1. The fourth-order valence-corrected chi connectivity index (χ4v) is 2.07. The molecule has 2 heterocycles. The van der Waals surface area contributed by atoms with Crippen LogP contribution in [0.3, 0.4) is 0 Å². The highest BCUT2D eigenvalue weighted by atomic mass is 16.4. The molecule has 0 saturated carbocycles. The summed E-state index contributed by atoms with van der Waals surface area (Å²) in [6, 6.07) is 9.96. The summed E-state index contributed by atoms with van der Waals surface area (Å²) < 4.78 is 1.52. The Morgan fingerprint density at radius 3 is 2.70 bits per heavy atom. The van der Waals surface area contributed by atoms with Crippen molar-refractivity contribution in [3.05, 3.63) is 64.2 Å². The minimum Gasteiger partial charge on any atom is -0.478 e. The van der Waals surface area contributed by atoms with E-state index in [9.17, 15) is 9.59 Å². The first-order valence-electron chi connectivity index (χ1n) is 6.01. The van der Waals surface area contributed by atoms with E-state index in [2.05, 4.69) is 9.97 Å².